The van der Waals surface area contributed by atoms with Crippen molar-refractivity contribution in [2.45, 2.75) is 35.4 Å². The van der Waals surface area contributed by atoms with Gasteiger partial charge in [0.1, 0.15) is 24.3 Å². The number of ether oxygens (including phenoxy) is 1. The molecule has 2 aromatic heterocycles. The molecule has 10 nitrogen and oxygen atoms in total. The Morgan fingerprint density at radius 2 is 1.93 bits per heavy atom. The van der Waals surface area contributed by atoms with Crippen molar-refractivity contribution in [1.29, 1.82) is 0 Å². The number of nitrogens with one attached hydrogen (secondary N) is 1. The predicted molar refractivity (Wildman–Crippen MR) is 116 cm³/mol. The topological polar surface area (TPSA) is 146 Å². The zero-order valence-corrected chi connectivity index (χ0v) is 18.4. The lowest BCUT2D eigenvalue weighted by Gasteiger charge is -2.42. The van der Waals surface area contributed by atoms with Crippen molar-refractivity contribution in [3.63, 3.8) is 0 Å². The predicted octanol–water partition coefficient (Wildman–Crippen LogP) is 1.46. The van der Waals surface area contributed by atoms with Gasteiger partial charge in [-0.1, -0.05) is 13.8 Å². The first-order valence-corrected chi connectivity index (χ1v) is 10.4. The van der Waals surface area contributed by atoms with Gasteiger partial charge in [0.2, 0.25) is 0 Å². The molecule has 30 heavy (non-hydrogen) atoms. The van der Waals surface area contributed by atoms with Gasteiger partial charge >= 0.3 is 0 Å². The number of hydrogen-bond acceptors (Lipinski definition) is 9. The third kappa shape index (κ3) is 3.03. The summed E-state index contributed by atoms with van der Waals surface area (Å²) in [6.07, 6.45) is 0.554. The summed E-state index contributed by atoms with van der Waals surface area (Å²) in [6, 6.07) is 6.49. The van der Waals surface area contributed by atoms with Crippen LogP contribution in [0.4, 0.5) is 11.5 Å². The number of aliphatic hydroxyl groups excluding tert-OH is 2. The van der Waals surface area contributed by atoms with Crippen LogP contribution in [0.1, 0.15) is 13.8 Å². The number of phenolic OH excluding ortho intramolecular Hbond substituents is 1. The lowest BCUT2D eigenvalue weighted by atomic mass is 9.91. The van der Waals surface area contributed by atoms with Gasteiger partial charge in [0.15, 0.2) is 26.3 Å². The number of phenols is 1. The molecule has 0 radical (unpaired) electrons. The van der Waals surface area contributed by atoms with Crippen molar-refractivity contribution < 1.29 is 25.2 Å². The van der Waals surface area contributed by atoms with Gasteiger partial charge in [-0.05, 0) is 46.9 Å². The van der Waals surface area contributed by atoms with Crippen LogP contribution in [0.25, 0.3) is 11.2 Å². The van der Waals surface area contributed by atoms with E-state index in [2.05, 4.69) is 20.3 Å². The fraction of sp³-hybridized carbons (Fsp3) is 0.421. The van der Waals surface area contributed by atoms with E-state index in [0.717, 1.165) is 0 Å². The first kappa shape index (κ1) is 21.2. The number of hydrogen-bond donors (Lipinski definition) is 5. The zero-order chi connectivity index (χ0) is 21.7. The summed E-state index contributed by atoms with van der Waals surface area (Å²) in [6.45, 7) is 3.24. The summed E-state index contributed by atoms with van der Waals surface area (Å²) in [4.78, 5) is 13.0. The number of alkyl halides is 1. The van der Waals surface area contributed by atoms with Gasteiger partial charge in [0.25, 0.3) is 0 Å². The number of benzene rings is 1. The molecule has 1 aliphatic heterocycles. The standard InChI is InChI=1S/C19H22IN5O5/c1-10(2)19(18(20,29)15(28)13(7-26)30-19)25-9-23-14-16(21-8-22-17(14)25)24-11-3-5-12(27)6-4-11/h3-6,8-10,13,15,26-29H,7H2,1-2H3,(H,21,22,24)/t13-,15-,18-,19-/m1/s1. The van der Waals surface area contributed by atoms with Crippen LogP contribution in [0.5, 0.6) is 5.75 Å². The van der Waals surface area contributed by atoms with Gasteiger partial charge in [-0.15, -0.1) is 0 Å². The number of halogens is 1. The minimum Gasteiger partial charge on any atom is -0.508 e. The molecular weight excluding hydrogens is 505 g/mol. The third-order valence-electron chi connectivity index (χ3n) is 5.36. The van der Waals surface area contributed by atoms with E-state index in [4.69, 9.17) is 4.74 Å². The fourth-order valence-corrected chi connectivity index (χ4v) is 5.28. The van der Waals surface area contributed by atoms with Gasteiger partial charge in [-0.25, -0.2) is 15.0 Å². The minimum absolute atomic E-state index is 0.147. The molecule has 11 heteroatoms. The van der Waals surface area contributed by atoms with E-state index in [1.165, 1.54) is 12.7 Å². The smallest absolute Gasteiger partial charge is 0.192 e. The molecule has 3 aromatic rings. The second-order valence-electron chi connectivity index (χ2n) is 7.49. The molecule has 0 unspecified atom stereocenters. The number of aromatic hydroxyl groups is 1. The van der Waals surface area contributed by atoms with Crippen LogP contribution in [0.15, 0.2) is 36.9 Å². The molecule has 5 N–H and O–H groups in total. The normalized spacial score (nSPS) is 29.0. The molecule has 1 saturated heterocycles. The number of rotatable bonds is 5. The van der Waals surface area contributed by atoms with Gasteiger partial charge in [0.05, 0.1) is 12.9 Å². The van der Waals surface area contributed by atoms with Crippen LogP contribution >= 0.6 is 22.6 Å². The molecular formula is C19H22IN5O5. The Hall–Kier alpha value is -2.06. The molecule has 3 heterocycles. The van der Waals surface area contributed by atoms with E-state index < -0.39 is 28.1 Å². The van der Waals surface area contributed by atoms with Gasteiger partial charge < -0.3 is 30.5 Å². The number of fused-ring (bicyclic) bond motifs is 1. The molecule has 1 fully saturated rings. The largest absolute Gasteiger partial charge is 0.508 e. The maximum Gasteiger partial charge on any atom is 0.192 e. The highest BCUT2D eigenvalue weighted by atomic mass is 127. The van der Waals surface area contributed by atoms with Crippen LogP contribution in [0, 0.1) is 5.92 Å². The zero-order valence-electron chi connectivity index (χ0n) is 16.3. The lowest BCUT2D eigenvalue weighted by molar-refractivity contribution is -0.179. The van der Waals surface area contributed by atoms with Crippen LogP contribution in [0.3, 0.4) is 0 Å². The Morgan fingerprint density at radius 3 is 2.53 bits per heavy atom. The van der Waals surface area contributed by atoms with Crippen molar-refractivity contribution in [2.75, 3.05) is 11.9 Å². The SMILES string of the molecule is CC(C)[C@@]1(n2cnc3c(Nc4ccc(O)cc4)ncnc32)O[C@H](CO)[C@@H](O)[C@]1(O)I. The molecule has 0 saturated carbocycles. The molecule has 4 atom stereocenters. The second-order valence-corrected chi connectivity index (χ2v) is 9.13. The van der Waals surface area contributed by atoms with Crippen LogP contribution < -0.4 is 5.32 Å². The number of aromatic nitrogens is 4. The highest BCUT2D eigenvalue weighted by Crippen LogP contribution is 2.53. The highest BCUT2D eigenvalue weighted by molar-refractivity contribution is 14.1. The molecule has 1 aromatic carbocycles. The van der Waals surface area contributed by atoms with Crippen molar-refractivity contribution in [3.8, 4) is 5.75 Å². The fourth-order valence-electron chi connectivity index (χ4n) is 3.87. The number of aliphatic hydroxyl groups is 3. The van der Waals surface area contributed by atoms with Gasteiger partial charge in [-0.2, -0.15) is 0 Å². The lowest BCUT2D eigenvalue weighted by Crippen LogP contribution is -2.56. The first-order valence-electron chi connectivity index (χ1n) is 9.35. The third-order valence-corrected chi connectivity index (χ3v) is 6.77. The molecule has 1 aliphatic rings. The second kappa shape index (κ2) is 7.57. The van der Waals surface area contributed by atoms with E-state index in [1.54, 1.807) is 51.4 Å². The maximum absolute atomic E-state index is 11.3. The van der Waals surface area contributed by atoms with E-state index in [0.29, 0.717) is 22.7 Å². The van der Waals surface area contributed by atoms with Crippen molar-refractivity contribution >= 4 is 45.3 Å². The number of imidazole rings is 1. The van der Waals surface area contributed by atoms with E-state index in [-0.39, 0.29) is 11.7 Å². The van der Waals surface area contributed by atoms with Crippen molar-refractivity contribution in [3.05, 3.63) is 36.9 Å². The summed E-state index contributed by atoms with van der Waals surface area (Å²) in [5, 5.41) is 44.1. The van der Waals surface area contributed by atoms with Crippen molar-refractivity contribution in [2.24, 2.45) is 5.92 Å². The molecule has 0 spiro atoms. The molecule has 0 amide bonds. The molecule has 0 aliphatic carbocycles. The quantitative estimate of drug-likeness (QED) is 0.189. The highest BCUT2D eigenvalue weighted by Gasteiger charge is 2.67. The maximum atomic E-state index is 11.3. The van der Waals surface area contributed by atoms with Gasteiger partial charge in [0, 0.05) is 11.6 Å². The average Bonchev–Trinajstić information content (AvgIpc) is 3.23. The van der Waals surface area contributed by atoms with E-state index >= 15 is 0 Å². The molecule has 4 rings (SSSR count). The number of nitrogens with zero attached hydrogens (tertiary/aromatic N) is 4. The monoisotopic (exact) mass is 527 g/mol. The van der Waals surface area contributed by atoms with E-state index in [1.807, 2.05) is 13.8 Å². The Kier molecular flexibility index (Phi) is 5.34. The molecule has 0 bridgehead atoms. The van der Waals surface area contributed by atoms with Crippen LogP contribution in [-0.4, -0.2) is 62.4 Å². The average molecular weight is 527 g/mol. The Balaban J connectivity index is 1.84. The summed E-state index contributed by atoms with van der Waals surface area (Å²) in [5.74, 6) is 0.261. The van der Waals surface area contributed by atoms with Gasteiger partial charge in [-0.3, -0.25) is 4.57 Å². The Labute approximate surface area is 185 Å². The summed E-state index contributed by atoms with van der Waals surface area (Å²) < 4.78 is 5.90. The Morgan fingerprint density at radius 1 is 1.23 bits per heavy atom. The first-order chi connectivity index (χ1) is 14.2. The number of anilines is 2. The van der Waals surface area contributed by atoms with E-state index in [9.17, 15) is 20.4 Å². The minimum atomic E-state index is -1.75. The van der Waals surface area contributed by atoms with Crippen LogP contribution in [0.2, 0.25) is 0 Å². The summed E-state index contributed by atoms with van der Waals surface area (Å²) in [5.41, 5.74) is 0.0858. The Bertz CT molecular complexity index is 1060. The summed E-state index contributed by atoms with van der Waals surface area (Å²) in [7, 11) is 0. The van der Waals surface area contributed by atoms with Crippen LogP contribution in [-0.2, 0) is 10.5 Å². The molecule has 160 valence electrons. The summed E-state index contributed by atoms with van der Waals surface area (Å²) >= 11 is 1.76. The van der Waals surface area contributed by atoms with Crippen molar-refractivity contribution in [1.82, 2.24) is 19.5 Å².